The molecule has 0 saturated carbocycles. The summed E-state index contributed by atoms with van der Waals surface area (Å²) in [5.74, 6) is 0. The van der Waals surface area contributed by atoms with E-state index < -0.39 is 0 Å². The van der Waals surface area contributed by atoms with E-state index in [-0.39, 0.29) is 0 Å². The van der Waals surface area contributed by atoms with Crippen LogP contribution in [0, 0.1) is 0 Å². The molecule has 0 aliphatic carbocycles. The third-order valence-corrected chi connectivity index (χ3v) is 2.73. The Labute approximate surface area is 90.6 Å². The van der Waals surface area contributed by atoms with Gasteiger partial charge in [0.05, 0.1) is 11.2 Å². The summed E-state index contributed by atoms with van der Waals surface area (Å²) in [6.45, 7) is 0. The number of hydrogen-bond acceptors (Lipinski definition) is 4. The van der Waals surface area contributed by atoms with Gasteiger partial charge in [0.2, 0.25) is 0 Å². The molecule has 2 heterocycles. The molecular formula is C11H7N3S. The number of nitrogens with zero attached hydrogens (tertiary/aromatic N) is 3. The summed E-state index contributed by atoms with van der Waals surface area (Å²) in [4.78, 5) is 4.52. The minimum absolute atomic E-state index is 0.839. The van der Waals surface area contributed by atoms with Crippen molar-refractivity contribution in [1.82, 2.24) is 14.6 Å². The Morgan fingerprint density at radius 1 is 0.933 bits per heavy atom. The first-order chi connectivity index (χ1) is 7.43. The lowest BCUT2D eigenvalue weighted by Crippen LogP contribution is -1.84. The van der Waals surface area contributed by atoms with E-state index in [2.05, 4.69) is 20.6 Å². The second-order valence-electron chi connectivity index (χ2n) is 3.18. The molecule has 3 nitrogen and oxygen atoms in total. The Bertz CT molecular complexity index is 590. The number of benzene rings is 1. The van der Waals surface area contributed by atoms with Crippen molar-refractivity contribution in [3.63, 3.8) is 0 Å². The largest absolute Gasteiger partial charge is 0.246 e. The van der Waals surface area contributed by atoms with E-state index in [0.717, 1.165) is 22.3 Å². The van der Waals surface area contributed by atoms with Crippen molar-refractivity contribution < 1.29 is 0 Å². The van der Waals surface area contributed by atoms with Gasteiger partial charge >= 0.3 is 0 Å². The molecule has 4 heteroatoms. The van der Waals surface area contributed by atoms with Crippen LogP contribution in [0.4, 0.5) is 0 Å². The highest BCUT2D eigenvalue weighted by atomic mass is 32.1. The van der Waals surface area contributed by atoms with Crippen LogP contribution < -0.4 is 0 Å². The SMILES string of the molecule is c1ccc2nc(-c3csnn3)ccc2c1. The van der Waals surface area contributed by atoms with Gasteiger partial charge in [-0.3, -0.25) is 0 Å². The Morgan fingerprint density at radius 3 is 2.73 bits per heavy atom. The van der Waals surface area contributed by atoms with E-state index in [1.165, 1.54) is 11.5 Å². The number of rotatable bonds is 1. The van der Waals surface area contributed by atoms with Crippen LogP contribution in [0.3, 0.4) is 0 Å². The highest BCUT2D eigenvalue weighted by molar-refractivity contribution is 7.03. The molecule has 0 radical (unpaired) electrons. The minimum atomic E-state index is 0.839. The van der Waals surface area contributed by atoms with E-state index in [0.29, 0.717) is 0 Å². The average molecular weight is 213 g/mol. The Hall–Kier alpha value is -1.81. The van der Waals surface area contributed by atoms with E-state index in [1.807, 2.05) is 35.7 Å². The second-order valence-corrected chi connectivity index (χ2v) is 3.79. The van der Waals surface area contributed by atoms with Gasteiger partial charge in [0.15, 0.2) is 0 Å². The molecule has 0 spiro atoms. The molecule has 0 atom stereocenters. The molecule has 1 aromatic carbocycles. The minimum Gasteiger partial charge on any atom is -0.246 e. The molecule has 3 aromatic rings. The molecule has 0 N–H and O–H groups in total. The number of aromatic nitrogens is 3. The van der Waals surface area contributed by atoms with Crippen molar-refractivity contribution in [3.8, 4) is 11.4 Å². The van der Waals surface area contributed by atoms with E-state index in [1.54, 1.807) is 0 Å². The molecular weight excluding hydrogens is 206 g/mol. The molecule has 3 rings (SSSR count). The third kappa shape index (κ3) is 1.49. The second kappa shape index (κ2) is 3.40. The highest BCUT2D eigenvalue weighted by Gasteiger charge is 2.02. The number of para-hydroxylation sites is 1. The standard InChI is InChI=1S/C11H7N3S/c1-2-4-9-8(3-1)5-6-10(12-9)11-7-15-14-13-11/h1-7H. The maximum Gasteiger partial charge on any atom is 0.124 e. The molecule has 0 aliphatic heterocycles. The van der Waals surface area contributed by atoms with Crippen LogP contribution in [-0.2, 0) is 0 Å². The molecule has 0 fully saturated rings. The van der Waals surface area contributed by atoms with Crippen LogP contribution in [0.25, 0.3) is 22.3 Å². The summed E-state index contributed by atoms with van der Waals surface area (Å²) in [5, 5.41) is 7.04. The van der Waals surface area contributed by atoms with Crippen LogP contribution in [0.15, 0.2) is 41.8 Å². The van der Waals surface area contributed by atoms with Crippen molar-refractivity contribution in [2.75, 3.05) is 0 Å². The Morgan fingerprint density at radius 2 is 1.87 bits per heavy atom. The molecule has 15 heavy (non-hydrogen) atoms. The maximum absolute atomic E-state index is 4.52. The fourth-order valence-corrected chi connectivity index (χ4v) is 1.93. The Kier molecular flexibility index (Phi) is 1.93. The number of hydrogen-bond donors (Lipinski definition) is 0. The Balaban J connectivity index is 2.22. The fraction of sp³-hybridized carbons (Fsp3) is 0. The topological polar surface area (TPSA) is 38.7 Å². The molecule has 0 amide bonds. The fourth-order valence-electron chi connectivity index (χ4n) is 1.48. The van der Waals surface area contributed by atoms with Gasteiger partial charge in [-0.15, -0.1) is 5.10 Å². The van der Waals surface area contributed by atoms with Gasteiger partial charge in [0.25, 0.3) is 0 Å². The van der Waals surface area contributed by atoms with Gasteiger partial charge < -0.3 is 0 Å². The molecule has 72 valence electrons. The first-order valence-corrected chi connectivity index (χ1v) is 5.40. The quantitative estimate of drug-likeness (QED) is 0.624. The summed E-state index contributed by atoms with van der Waals surface area (Å²) in [6, 6.07) is 12.1. The highest BCUT2D eigenvalue weighted by Crippen LogP contribution is 2.19. The van der Waals surface area contributed by atoms with E-state index in [4.69, 9.17) is 0 Å². The monoisotopic (exact) mass is 213 g/mol. The maximum atomic E-state index is 4.52. The van der Waals surface area contributed by atoms with Crippen molar-refractivity contribution in [3.05, 3.63) is 41.8 Å². The van der Waals surface area contributed by atoms with Crippen molar-refractivity contribution >= 4 is 22.4 Å². The summed E-state index contributed by atoms with van der Waals surface area (Å²) >= 11 is 1.34. The van der Waals surface area contributed by atoms with Gasteiger partial charge in [-0.2, -0.15) is 0 Å². The van der Waals surface area contributed by atoms with Crippen molar-refractivity contribution in [2.24, 2.45) is 0 Å². The van der Waals surface area contributed by atoms with Gasteiger partial charge in [-0.1, -0.05) is 28.8 Å². The van der Waals surface area contributed by atoms with Gasteiger partial charge in [0, 0.05) is 10.8 Å². The number of pyridine rings is 1. The summed E-state index contributed by atoms with van der Waals surface area (Å²) < 4.78 is 3.83. The normalized spacial score (nSPS) is 10.7. The lowest BCUT2D eigenvalue weighted by atomic mass is 10.2. The van der Waals surface area contributed by atoms with Gasteiger partial charge in [-0.25, -0.2) is 4.98 Å². The summed E-state index contributed by atoms with van der Waals surface area (Å²) in [7, 11) is 0. The van der Waals surface area contributed by atoms with Crippen LogP contribution in [0.5, 0.6) is 0 Å². The lowest BCUT2D eigenvalue weighted by molar-refractivity contribution is 1.15. The van der Waals surface area contributed by atoms with Crippen molar-refractivity contribution in [1.29, 1.82) is 0 Å². The van der Waals surface area contributed by atoms with Crippen LogP contribution in [0.2, 0.25) is 0 Å². The van der Waals surface area contributed by atoms with E-state index in [9.17, 15) is 0 Å². The molecule has 0 bridgehead atoms. The number of fused-ring (bicyclic) bond motifs is 1. The predicted molar refractivity (Wildman–Crippen MR) is 60.6 cm³/mol. The van der Waals surface area contributed by atoms with Crippen LogP contribution in [-0.4, -0.2) is 14.6 Å². The zero-order valence-corrected chi connectivity index (χ0v) is 8.61. The molecule has 0 saturated heterocycles. The van der Waals surface area contributed by atoms with Crippen LogP contribution in [0.1, 0.15) is 0 Å². The predicted octanol–water partition coefficient (Wildman–Crippen LogP) is 2.75. The molecule has 0 unspecified atom stereocenters. The zero-order valence-electron chi connectivity index (χ0n) is 7.79. The lowest BCUT2D eigenvalue weighted by Gasteiger charge is -1.98. The molecule has 2 aromatic heterocycles. The molecule has 0 aliphatic rings. The third-order valence-electron chi connectivity index (χ3n) is 2.22. The van der Waals surface area contributed by atoms with Crippen LogP contribution >= 0.6 is 11.5 Å². The zero-order chi connectivity index (χ0) is 10.1. The van der Waals surface area contributed by atoms with E-state index >= 15 is 0 Å². The van der Waals surface area contributed by atoms with Gasteiger partial charge in [-0.05, 0) is 23.7 Å². The first kappa shape index (κ1) is 8.49. The first-order valence-electron chi connectivity index (χ1n) is 4.57. The summed E-state index contributed by atoms with van der Waals surface area (Å²) in [5.41, 5.74) is 2.70. The summed E-state index contributed by atoms with van der Waals surface area (Å²) in [6.07, 6.45) is 0. The smallest absolute Gasteiger partial charge is 0.124 e. The van der Waals surface area contributed by atoms with Gasteiger partial charge in [0.1, 0.15) is 5.69 Å². The van der Waals surface area contributed by atoms with Crippen molar-refractivity contribution in [2.45, 2.75) is 0 Å². The average Bonchev–Trinajstić information content (AvgIpc) is 2.82.